The molecule has 1 fully saturated rings. The minimum absolute atomic E-state index is 0.138. The first kappa shape index (κ1) is 15.5. The lowest BCUT2D eigenvalue weighted by atomic mass is 10.0. The molecule has 1 amide bonds. The molecular weight excluding hydrogens is 294 g/mol. The van der Waals surface area contributed by atoms with Gasteiger partial charge in [0.1, 0.15) is 5.72 Å². The minimum atomic E-state index is -0.860. The normalized spacial score (nSPS) is 19.8. The number of nitrogens with zero attached hydrogens (tertiary/aromatic N) is 1. The number of hydrogen-bond acceptors (Lipinski definition) is 4. The highest BCUT2D eigenvalue weighted by atomic mass is 16.6. The van der Waals surface area contributed by atoms with Gasteiger partial charge in [0, 0.05) is 5.56 Å². The zero-order chi connectivity index (χ0) is 16.6. The van der Waals surface area contributed by atoms with Gasteiger partial charge in [-0.25, -0.2) is 4.79 Å². The van der Waals surface area contributed by atoms with E-state index in [9.17, 15) is 9.59 Å². The number of hydrogen-bond donors (Lipinski definition) is 0. The average molecular weight is 313 g/mol. The predicted molar refractivity (Wildman–Crippen MR) is 86.0 cm³/mol. The van der Waals surface area contributed by atoms with Crippen molar-refractivity contribution in [1.29, 1.82) is 0 Å². The summed E-state index contributed by atoms with van der Waals surface area (Å²) in [4.78, 5) is 26.4. The Morgan fingerprint density at radius 1 is 1.17 bits per heavy atom. The summed E-state index contributed by atoms with van der Waals surface area (Å²) in [5, 5.41) is 2.04. The quantitative estimate of drug-likeness (QED) is 0.800. The minimum Gasteiger partial charge on any atom is -0.467 e. The molecule has 0 aromatic heterocycles. The van der Waals surface area contributed by atoms with Crippen molar-refractivity contribution in [3.63, 3.8) is 0 Å². The van der Waals surface area contributed by atoms with Crippen LogP contribution in [0, 0.1) is 0 Å². The first-order valence-electron chi connectivity index (χ1n) is 7.48. The van der Waals surface area contributed by atoms with Crippen LogP contribution in [0.15, 0.2) is 42.5 Å². The molecule has 0 unspecified atom stereocenters. The highest BCUT2D eigenvalue weighted by Gasteiger charge is 2.47. The lowest BCUT2D eigenvalue weighted by molar-refractivity contribution is -0.145. The second kappa shape index (κ2) is 5.66. The smallest absolute Gasteiger partial charge is 0.331 e. The number of fused-ring (bicyclic) bond motifs is 1. The van der Waals surface area contributed by atoms with Gasteiger partial charge >= 0.3 is 5.97 Å². The van der Waals surface area contributed by atoms with Gasteiger partial charge in [-0.3, -0.25) is 9.69 Å². The number of esters is 1. The predicted octanol–water partition coefficient (Wildman–Crippen LogP) is 2.59. The second-order valence-corrected chi connectivity index (χ2v) is 6.03. The lowest BCUT2D eigenvalue weighted by Gasteiger charge is -2.32. The van der Waals surface area contributed by atoms with Crippen LogP contribution in [0.4, 0.5) is 0 Å². The van der Waals surface area contributed by atoms with Gasteiger partial charge in [-0.1, -0.05) is 30.3 Å². The van der Waals surface area contributed by atoms with Crippen molar-refractivity contribution in [2.45, 2.75) is 25.6 Å². The number of carbonyl (C=O) groups excluding carboxylic acids is 2. The van der Waals surface area contributed by atoms with Crippen LogP contribution in [0.5, 0.6) is 0 Å². The fraction of sp³-hybridized carbons (Fsp3) is 0.333. The molecule has 0 aliphatic carbocycles. The van der Waals surface area contributed by atoms with E-state index in [1.807, 2.05) is 36.4 Å². The highest BCUT2D eigenvalue weighted by molar-refractivity contribution is 6.00. The van der Waals surface area contributed by atoms with Crippen LogP contribution in [0.3, 0.4) is 0 Å². The Morgan fingerprint density at radius 3 is 2.57 bits per heavy atom. The van der Waals surface area contributed by atoms with Crippen molar-refractivity contribution in [3.8, 4) is 0 Å². The molecule has 3 rings (SSSR count). The number of ether oxygens (including phenoxy) is 2. The third kappa shape index (κ3) is 2.68. The first-order valence-corrected chi connectivity index (χ1v) is 7.48. The van der Waals surface area contributed by atoms with Crippen molar-refractivity contribution in [3.05, 3.63) is 48.0 Å². The zero-order valence-electron chi connectivity index (χ0n) is 13.4. The van der Waals surface area contributed by atoms with Crippen LogP contribution in [0.1, 0.15) is 24.2 Å². The molecular formula is C18H19NO4. The summed E-state index contributed by atoms with van der Waals surface area (Å²) in [5.41, 5.74) is -0.335. The van der Waals surface area contributed by atoms with E-state index in [4.69, 9.17) is 9.47 Å². The van der Waals surface area contributed by atoms with E-state index in [-0.39, 0.29) is 12.5 Å². The summed E-state index contributed by atoms with van der Waals surface area (Å²) in [6, 6.07) is 12.6. The van der Waals surface area contributed by atoms with Crippen LogP contribution in [0.25, 0.3) is 10.8 Å². The Labute approximate surface area is 134 Å². The average Bonchev–Trinajstić information content (AvgIpc) is 2.88. The molecule has 1 heterocycles. The molecule has 2 aromatic carbocycles. The maximum atomic E-state index is 13.0. The van der Waals surface area contributed by atoms with Gasteiger partial charge < -0.3 is 9.47 Å². The van der Waals surface area contributed by atoms with Gasteiger partial charge in [0.15, 0.2) is 6.04 Å². The third-order valence-corrected chi connectivity index (χ3v) is 4.17. The van der Waals surface area contributed by atoms with E-state index in [0.29, 0.717) is 5.56 Å². The van der Waals surface area contributed by atoms with Crippen LogP contribution >= 0.6 is 0 Å². The molecule has 1 aliphatic heterocycles. The molecule has 5 nitrogen and oxygen atoms in total. The van der Waals surface area contributed by atoms with Crippen LogP contribution in [0.2, 0.25) is 0 Å². The summed E-state index contributed by atoms with van der Waals surface area (Å²) in [6.07, 6.45) is 0. The monoisotopic (exact) mass is 313 g/mol. The topological polar surface area (TPSA) is 55.8 Å². The standard InChI is InChI=1S/C18H19NO4/c1-18(2)19(15(11-23-18)17(21)22-3)16(20)14-9-8-12-6-4-5-7-13(12)10-14/h4-10,15H,11H2,1-3H3/t15-/m1/s1. The fourth-order valence-corrected chi connectivity index (χ4v) is 2.96. The zero-order valence-corrected chi connectivity index (χ0v) is 13.4. The highest BCUT2D eigenvalue weighted by Crippen LogP contribution is 2.30. The molecule has 0 saturated carbocycles. The molecule has 5 heteroatoms. The van der Waals surface area contributed by atoms with E-state index in [0.717, 1.165) is 10.8 Å². The van der Waals surface area contributed by atoms with Crippen molar-refractivity contribution >= 4 is 22.6 Å². The van der Waals surface area contributed by atoms with Crippen molar-refractivity contribution in [2.24, 2.45) is 0 Å². The third-order valence-electron chi connectivity index (χ3n) is 4.17. The number of rotatable bonds is 2. The Balaban J connectivity index is 1.99. The number of methoxy groups -OCH3 is 1. The van der Waals surface area contributed by atoms with Gasteiger partial charge in [-0.15, -0.1) is 0 Å². The van der Waals surface area contributed by atoms with Gasteiger partial charge in [-0.05, 0) is 36.8 Å². The van der Waals surface area contributed by atoms with Crippen LogP contribution in [-0.4, -0.2) is 42.3 Å². The van der Waals surface area contributed by atoms with Crippen molar-refractivity contribution in [2.75, 3.05) is 13.7 Å². The van der Waals surface area contributed by atoms with E-state index in [1.54, 1.807) is 19.9 Å². The van der Waals surface area contributed by atoms with Crippen molar-refractivity contribution < 1.29 is 19.1 Å². The fourth-order valence-electron chi connectivity index (χ4n) is 2.96. The number of benzene rings is 2. The Bertz CT molecular complexity index is 768. The van der Waals surface area contributed by atoms with E-state index < -0.39 is 17.7 Å². The van der Waals surface area contributed by atoms with Crippen LogP contribution < -0.4 is 0 Å². The van der Waals surface area contributed by atoms with Crippen molar-refractivity contribution in [1.82, 2.24) is 4.90 Å². The molecule has 1 saturated heterocycles. The van der Waals surface area contributed by atoms with E-state index in [1.165, 1.54) is 12.0 Å². The van der Waals surface area contributed by atoms with Gasteiger partial charge in [-0.2, -0.15) is 0 Å². The SMILES string of the molecule is COC(=O)[C@H]1COC(C)(C)N1C(=O)c1ccc2ccccc2c1. The van der Waals surface area contributed by atoms with Gasteiger partial charge in [0.25, 0.3) is 5.91 Å². The molecule has 0 spiro atoms. The Morgan fingerprint density at radius 2 is 1.87 bits per heavy atom. The second-order valence-electron chi connectivity index (χ2n) is 6.03. The molecule has 2 aromatic rings. The molecule has 0 radical (unpaired) electrons. The number of amides is 1. The molecule has 1 atom stereocenters. The summed E-state index contributed by atoms with van der Waals surface area (Å²) < 4.78 is 10.4. The molecule has 23 heavy (non-hydrogen) atoms. The molecule has 120 valence electrons. The van der Waals surface area contributed by atoms with Gasteiger partial charge in [0.05, 0.1) is 13.7 Å². The molecule has 0 bridgehead atoms. The maximum Gasteiger partial charge on any atom is 0.331 e. The summed E-state index contributed by atoms with van der Waals surface area (Å²) in [6.45, 7) is 3.68. The first-order chi connectivity index (χ1) is 10.9. The molecule has 1 aliphatic rings. The van der Waals surface area contributed by atoms with Crippen LogP contribution in [-0.2, 0) is 14.3 Å². The molecule has 0 N–H and O–H groups in total. The Hall–Kier alpha value is -2.40. The largest absolute Gasteiger partial charge is 0.467 e. The van der Waals surface area contributed by atoms with Gasteiger partial charge in [0.2, 0.25) is 0 Å². The Kier molecular flexibility index (Phi) is 3.82. The lowest BCUT2D eigenvalue weighted by Crippen LogP contribution is -2.50. The van der Waals surface area contributed by atoms with E-state index >= 15 is 0 Å². The van der Waals surface area contributed by atoms with E-state index in [2.05, 4.69) is 0 Å². The summed E-state index contributed by atoms with van der Waals surface area (Å²) in [7, 11) is 1.31. The summed E-state index contributed by atoms with van der Waals surface area (Å²) >= 11 is 0. The maximum absolute atomic E-state index is 13.0. The summed E-state index contributed by atoms with van der Waals surface area (Å²) in [5.74, 6) is -0.710. The number of carbonyl (C=O) groups is 2.